The molecule has 5 N–H and O–H groups in total. The van der Waals surface area contributed by atoms with E-state index in [2.05, 4.69) is 5.32 Å². The summed E-state index contributed by atoms with van der Waals surface area (Å²) in [5.41, 5.74) is 11.0. The fourth-order valence-electron chi connectivity index (χ4n) is 2.73. The molecule has 1 fully saturated rings. The third-order valence-electron chi connectivity index (χ3n) is 3.91. The predicted octanol–water partition coefficient (Wildman–Crippen LogP) is 1.01. The first-order valence-electron chi connectivity index (χ1n) is 7.41. The number of thioether (sulfide) groups is 1. The monoisotopic (exact) mass is 301 g/mol. The second-order valence-corrected chi connectivity index (χ2v) is 6.77. The average Bonchev–Trinajstić information content (AvgIpc) is 2.43. The molecule has 20 heavy (non-hydrogen) atoms. The van der Waals surface area contributed by atoms with E-state index in [4.69, 9.17) is 11.5 Å². The van der Waals surface area contributed by atoms with Crippen LogP contribution in [-0.4, -0.2) is 36.4 Å². The summed E-state index contributed by atoms with van der Waals surface area (Å²) in [5.74, 6) is 1.01. The molecule has 0 aliphatic heterocycles. The lowest BCUT2D eigenvalue weighted by molar-refractivity contribution is -0.123. The van der Waals surface area contributed by atoms with Crippen molar-refractivity contribution in [1.29, 1.82) is 0 Å². The molecule has 0 bridgehead atoms. The first kappa shape index (κ1) is 17.3. The molecule has 0 unspecified atom stereocenters. The standard InChI is InChI=1S/C14H27N3O2S/c15-11-14(5-2-1-3-6-14)9-13(19)17-7-4-8-20-10-12(16)18/h1-11,15H2,(H2,16,18)(H,17,19). The van der Waals surface area contributed by atoms with E-state index >= 15 is 0 Å². The molecule has 1 aliphatic carbocycles. The minimum atomic E-state index is -0.291. The molecule has 0 radical (unpaired) electrons. The van der Waals surface area contributed by atoms with E-state index in [1.165, 1.54) is 31.0 Å². The number of hydrogen-bond donors (Lipinski definition) is 3. The quantitative estimate of drug-likeness (QED) is 0.554. The molecular weight excluding hydrogens is 274 g/mol. The SMILES string of the molecule is NCC1(CC(=O)NCCCSCC(N)=O)CCCCC1. The number of rotatable bonds is 9. The molecule has 0 aromatic carbocycles. The molecule has 0 atom stereocenters. The molecular formula is C14H27N3O2S. The minimum absolute atomic E-state index is 0.0308. The maximum Gasteiger partial charge on any atom is 0.227 e. The Kier molecular flexibility index (Phi) is 7.99. The number of carbonyl (C=O) groups is 2. The molecule has 5 nitrogen and oxygen atoms in total. The van der Waals surface area contributed by atoms with Crippen LogP contribution in [0.1, 0.15) is 44.9 Å². The van der Waals surface area contributed by atoms with Crippen molar-refractivity contribution in [2.45, 2.75) is 44.9 Å². The highest BCUT2D eigenvalue weighted by molar-refractivity contribution is 7.99. The highest BCUT2D eigenvalue weighted by Crippen LogP contribution is 2.38. The van der Waals surface area contributed by atoms with Crippen molar-refractivity contribution in [3.63, 3.8) is 0 Å². The van der Waals surface area contributed by atoms with Crippen LogP contribution in [0.25, 0.3) is 0 Å². The van der Waals surface area contributed by atoms with Crippen molar-refractivity contribution in [3.05, 3.63) is 0 Å². The van der Waals surface area contributed by atoms with Crippen molar-refractivity contribution >= 4 is 23.6 Å². The number of hydrogen-bond acceptors (Lipinski definition) is 4. The second kappa shape index (κ2) is 9.23. The largest absolute Gasteiger partial charge is 0.369 e. The Morgan fingerprint density at radius 1 is 1.20 bits per heavy atom. The molecule has 0 aromatic rings. The van der Waals surface area contributed by atoms with Crippen LogP contribution >= 0.6 is 11.8 Å². The Morgan fingerprint density at radius 3 is 2.50 bits per heavy atom. The number of amides is 2. The van der Waals surface area contributed by atoms with Crippen LogP contribution in [-0.2, 0) is 9.59 Å². The highest BCUT2D eigenvalue weighted by atomic mass is 32.2. The Hall–Kier alpha value is -0.750. The fourth-order valence-corrected chi connectivity index (χ4v) is 3.43. The van der Waals surface area contributed by atoms with Crippen LogP contribution in [0.5, 0.6) is 0 Å². The summed E-state index contributed by atoms with van der Waals surface area (Å²) in [7, 11) is 0. The van der Waals surface area contributed by atoms with Gasteiger partial charge in [-0.1, -0.05) is 19.3 Å². The van der Waals surface area contributed by atoms with Gasteiger partial charge in [-0.15, -0.1) is 0 Å². The average molecular weight is 301 g/mol. The molecule has 0 spiro atoms. The van der Waals surface area contributed by atoms with E-state index in [0.717, 1.165) is 25.0 Å². The Balaban J connectivity index is 2.14. The van der Waals surface area contributed by atoms with E-state index < -0.39 is 0 Å². The number of nitrogens with two attached hydrogens (primary N) is 2. The smallest absolute Gasteiger partial charge is 0.227 e. The summed E-state index contributed by atoms with van der Waals surface area (Å²) in [5, 5.41) is 2.95. The normalized spacial score (nSPS) is 17.6. The lowest BCUT2D eigenvalue weighted by atomic mass is 9.71. The molecule has 1 saturated carbocycles. The van der Waals surface area contributed by atoms with Crippen molar-refractivity contribution < 1.29 is 9.59 Å². The van der Waals surface area contributed by atoms with Gasteiger partial charge in [-0.3, -0.25) is 9.59 Å². The molecule has 2 amide bonds. The zero-order chi connectivity index (χ0) is 14.8. The van der Waals surface area contributed by atoms with Crippen molar-refractivity contribution in [3.8, 4) is 0 Å². The molecule has 6 heteroatoms. The van der Waals surface area contributed by atoms with Crippen molar-refractivity contribution in [2.24, 2.45) is 16.9 Å². The molecule has 1 aliphatic rings. The molecule has 0 saturated heterocycles. The summed E-state index contributed by atoms with van der Waals surface area (Å²) >= 11 is 1.51. The Labute approximate surface area is 125 Å². The summed E-state index contributed by atoms with van der Waals surface area (Å²) in [6.45, 7) is 1.26. The van der Waals surface area contributed by atoms with Crippen LogP contribution in [0.3, 0.4) is 0 Å². The predicted molar refractivity (Wildman–Crippen MR) is 83.3 cm³/mol. The molecule has 116 valence electrons. The van der Waals surface area contributed by atoms with Crippen molar-refractivity contribution in [2.75, 3.05) is 24.6 Å². The number of carbonyl (C=O) groups excluding carboxylic acids is 2. The summed E-state index contributed by atoms with van der Waals surface area (Å²) in [6.07, 6.45) is 7.21. The van der Waals surface area contributed by atoms with Crippen LogP contribution in [0.2, 0.25) is 0 Å². The van der Waals surface area contributed by atoms with Crippen LogP contribution < -0.4 is 16.8 Å². The highest BCUT2D eigenvalue weighted by Gasteiger charge is 2.32. The third-order valence-corrected chi connectivity index (χ3v) is 4.98. The van der Waals surface area contributed by atoms with E-state index in [1.54, 1.807) is 0 Å². The lowest BCUT2D eigenvalue weighted by Crippen LogP contribution is -2.38. The van der Waals surface area contributed by atoms with Crippen molar-refractivity contribution in [1.82, 2.24) is 5.32 Å². The van der Waals surface area contributed by atoms with Gasteiger partial charge >= 0.3 is 0 Å². The maximum absolute atomic E-state index is 12.0. The van der Waals surface area contributed by atoms with Gasteiger partial charge in [-0.25, -0.2) is 0 Å². The van der Waals surface area contributed by atoms with Gasteiger partial charge < -0.3 is 16.8 Å². The van der Waals surface area contributed by atoms with Crippen LogP contribution in [0.15, 0.2) is 0 Å². The Bertz CT molecular complexity index is 318. The van der Waals surface area contributed by atoms with Gasteiger partial charge in [0.15, 0.2) is 0 Å². The first-order valence-corrected chi connectivity index (χ1v) is 8.56. The van der Waals surface area contributed by atoms with Gasteiger partial charge in [0, 0.05) is 13.0 Å². The third kappa shape index (κ3) is 6.61. The van der Waals surface area contributed by atoms with E-state index in [1.807, 2.05) is 0 Å². The van der Waals surface area contributed by atoms with Gasteiger partial charge in [0.05, 0.1) is 5.75 Å². The summed E-state index contributed by atoms with van der Waals surface area (Å²) < 4.78 is 0. The Morgan fingerprint density at radius 2 is 1.90 bits per heavy atom. The first-order chi connectivity index (χ1) is 9.58. The molecule has 0 heterocycles. The topological polar surface area (TPSA) is 98.2 Å². The second-order valence-electron chi connectivity index (χ2n) is 5.66. The van der Waals surface area contributed by atoms with Gasteiger partial charge in [-0.2, -0.15) is 11.8 Å². The maximum atomic E-state index is 12.0. The number of nitrogens with one attached hydrogen (secondary N) is 1. The van der Waals surface area contributed by atoms with E-state index in [-0.39, 0.29) is 17.2 Å². The number of primary amides is 1. The summed E-state index contributed by atoms with van der Waals surface area (Å²) in [6, 6.07) is 0. The summed E-state index contributed by atoms with van der Waals surface area (Å²) in [4.78, 5) is 22.5. The van der Waals surface area contributed by atoms with E-state index in [0.29, 0.717) is 25.3 Å². The minimum Gasteiger partial charge on any atom is -0.369 e. The fraction of sp³-hybridized carbons (Fsp3) is 0.857. The van der Waals surface area contributed by atoms with Crippen LogP contribution in [0.4, 0.5) is 0 Å². The van der Waals surface area contributed by atoms with Gasteiger partial charge in [0.2, 0.25) is 11.8 Å². The van der Waals surface area contributed by atoms with E-state index in [9.17, 15) is 9.59 Å². The van der Waals surface area contributed by atoms with Gasteiger partial charge in [0.25, 0.3) is 0 Å². The van der Waals surface area contributed by atoms with Gasteiger partial charge in [0.1, 0.15) is 0 Å². The lowest BCUT2D eigenvalue weighted by Gasteiger charge is -2.35. The van der Waals surface area contributed by atoms with Gasteiger partial charge in [-0.05, 0) is 37.0 Å². The molecule has 0 aromatic heterocycles. The zero-order valence-corrected chi connectivity index (χ0v) is 13.0. The molecule has 1 rings (SSSR count). The van der Waals surface area contributed by atoms with Crippen LogP contribution in [0, 0.1) is 5.41 Å². The zero-order valence-electron chi connectivity index (χ0n) is 12.2.